The van der Waals surface area contributed by atoms with Gasteiger partial charge in [-0.25, -0.2) is 0 Å². The number of aliphatic hydroxyl groups is 1. The van der Waals surface area contributed by atoms with Crippen LogP contribution < -0.4 is 10.1 Å². The fourth-order valence-corrected chi connectivity index (χ4v) is 4.20. The molecule has 24 heavy (non-hydrogen) atoms. The zero-order valence-electron chi connectivity index (χ0n) is 13.8. The summed E-state index contributed by atoms with van der Waals surface area (Å²) in [6.45, 7) is 0.250. The normalized spacial score (nSPS) is 20.6. The molecule has 0 unspecified atom stereocenters. The van der Waals surface area contributed by atoms with Gasteiger partial charge in [0.25, 0.3) is 5.91 Å². The van der Waals surface area contributed by atoms with Gasteiger partial charge in [0.15, 0.2) is 0 Å². The Bertz CT molecular complexity index is 675. The summed E-state index contributed by atoms with van der Waals surface area (Å²) in [5, 5.41) is 12.3. The van der Waals surface area contributed by atoms with Crippen LogP contribution in [0.2, 0.25) is 0 Å². The lowest BCUT2D eigenvalue weighted by atomic mass is 9.86. The maximum absolute atomic E-state index is 12.7. The summed E-state index contributed by atoms with van der Waals surface area (Å²) in [4.78, 5) is 14.3. The third-order valence-electron chi connectivity index (χ3n) is 4.62. The fourth-order valence-electron chi connectivity index (χ4n) is 3.17. The molecule has 0 bridgehead atoms. The first-order valence-corrected chi connectivity index (χ1v) is 9.18. The van der Waals surface area contributed by atoms with E-state index in [1.807, 2.05) is 36.4 Å². The van der Waals surface area contributed by atoms with Gasteiger partial charge >= 0.3 is 0 Å². The quantitative estimate of drug-likeness (QED) is 0.868. The molecule has 3 rings (SSSR count). The standard InChI is InChI=1S/C19H23NO3S/c1-23-16-11-17(14-5-3-2-4-6-14)24-18(16)19(22)20-15-9-7-13(12-21)8-10-15/h2-6,11,13,15,21H,7-10,12H2,1H3,(H,20,22). The molecule has 1 aliphatic rings. The molecular weight excluding hydrogens is 322 g/mol. The number of carbonyl (C=O) groups is 1. The Morgan fingerprint density at radius 2 is 1.96 bits per heavy atom. The lowest BCUT2D eigenvalue weighted by Gasteiger charge is -2.27. The largest absolute Gasteiger partial charge is 0.495 e. The molecule has 0 spiro atoms. The van der Waals surface area contributed by atoms with Gasteiger partial charge in [-0.1, -0.05) is 30.3 Å². The third-order valence-corrected chi connectivity index (χ3v) is 5.79. The highest BCUT2D eigenvalue weighted by molar-refractivity contribution is 7.17. The monoisotopic (exact) mass is 345 g/mol. The van der Waals surface area contributed by atoms with E-state index in [0.717, 1.165) is 36.1 Å². The van der Waals surface area contributed by atoms with Crippen molar-refractivity contribution in [2.75, 3.05) is 13.7 Å². The molecule has 128 valence electrons. The van der Waals surface area contributed by atoms with E-state index >= 15 is 0 Å². The van der Waals surface area contributed by atoms with Crippen molar-refractivity contribution < 1.29 is 14.6 Å². The second-order valence-electron chi connectivity index (χ2n) is 6.25. The minimum atomic E-state index is -0.0634. The van der Waals surface area contributed by atoms with Crippen molar-refractivity contribution in [3.63, 3.8) is 0 Å². The van der Waals surface area contributed by atoms with Crippen molar-refractivity contribution in [2.45, 2.75) is 31.7 Å². The highest BCUT2D eigenvalue weighted by atomic mass is 32.1. The topological polar surface area (TPSA) is 58.6 Å². The number of aliphatic hydroxyl groups excluding tert-OH is 1. The summed E-state index contributed by atoms with van der Waals surface area (Å²) in [6.07, 6.45) is 3.79. The lowest BCUT2D eigenvalue weighted by Crippen LogP contribution is -2.37. The molecule has 1 aromatic heterocycles. The van der Waals surface area contributed by atoms with Gasteiger partial charge in [-0.05, 0) is 43.2 Å². The van der Waals surface area contributed by atoms with Crippen molar-refractivity contribution in [2.24, 2.45) is 5.92 Å². The Labute approximate surface area is 146 Å². The Morgan fingerprint density at radius 1 is 1.25 bits per heavy atom. The Kier molecular flexibility index (Phi) is 5.53. The molecule has 0 aliphatic heterocycles. The van der Waals surface area contributed by atoms with E-state index in [0.29, 0.717) is 16.5 Å². The molecule has 1 amide bonds. The number of carbonyl (C=O) groups excluding carboxylic acids is 1. The first-order chi connectivity index (χ1) is 11.7. The van der Waals surface area contributed by atoms with Crippen LogP contribution in [-0.4, -0.2) is 30.8 Å². The highest BCUT2D eigenvalue weighted by Crippen LogP contribution is 2.36. The Morgan fingerprint density at radius 3 is 2.58 bits per heavy atom. The molecule has 0 atom stereocenters. The number of thiophene rings is 1. The van der Waals surface area contributed by atoms with Crippen molar-refractivity contribution in [1.29, 1.82) is 0 Å². The van der Waals surface area contributed by atoms with Gasteiger partial charge in [-0.3, -0.25) is 4.79 Å². The van der Waals surface area contributed by atoms with E-state index in [1.165, 1.54) is 11.3 Å². The van der Waals surface area contributed by atoms with Gasteiger partial charge in [0, 0.05) is 17.5 Å². The average Bonchev–Trinajstić information content (AvgIpc) is 3.08. The minimum Gasteiger partial charge on any atom is -0.495 e. The predicted molar refractivity (Wildman–Crippen MR) is 96.6 cm³/mol. The summed E-state index contributed by atoms with van der Waals surface area (Å²) in [6, 6.07) is 12.1. The lowest BCUT2D eigenvalue weighted by molar-refractivity contribution is 0.0915. The number of rotatable bonds is 5. The van der Waals surface area contributed by atoms with Gasteiger partial charge in [0.2, 0.25) is 0 Å². The van der Waals surface area contributed by atoms with Crippen molar-refractivity contribution in [3.8, 4) is 16.2 Å². The summed E-state index contributed by atoms with van der Waals surface area (Å²) in [5.74, 6) is 0.950. The molecule has 4 nitrogen and oxygen atoms in total. The number of hydrogen-bond acceptors (Lipinski definition) is 4. The van der Waals surface area contributed by atoms with Crippen LogP contribution in [0.4, 0.5) is 0 Å². The van der Waals surface area contributed by atoms with Crippen LogP contribution in [0.3, 0.4) is 0 Å². The smallest absolute Gasteiger partial charge is 0.265 e. The second kappa shape index (κ2) is 7.81. The average molecular weight is 345 g/mol. The highest BCUT2D eigenvalue weighted by Gasteiger charge is 2.24. The van der Waals surface area contributed by atoms with Crippen LogP contribution >= 0.6 is 11.3 Å². The van der Waals surface area contributed by atoms with Gasteiger partial charge in [0.05, 0.1) is 7.11 Å². The fraction of sp³-hybridized carbons (Fsp3) is 0.421. The molecule has 5 heteroatoms. The molecule has 1 fully saturated rings. The van der Waals surface area contributed by atoms with Crippen LogP contribution in [0.15, 0.2) is 36.4 Å². The molecule has 1 aromatic carbocycles. The first-order valence-electron chi connectivity index (χ1n) is 8.36. The zero-order chi connectivity index (χ0) is 16.9. The molecule has 1 aliphatic carbocycles. The van der Waals surface area contributed by atoms with Crippen LogP contribution in [0, 0.1) is 5.92 Å². The van der Waals surface area contributed by atoms with Gasteiger partial charge in [-0.15, -0.1) is 11.3 Å². The first kappa shape index (κ1) is 17.0. The van der Waals surface area contributed by atoms with E-state index in [4.69, 9.17) is 4.74 Å². The number of hydrogen-bond donors (Lipinski definition) is 2. The Hall–Kier alpha value is -1.85. The number of benzene rings is 1. The van der Waals surface area contributed by atoms with Crippen LogP contribution in [0.25, 0.3) is 10.4 Å². The zero-order valence-corrected chi connectivity index (χ0v) is 14.6. The molecule has 2 N–H and O–H groups in total. The SMILES string of the molecule is COc1cc(-c2ccccc2)sc1C(=O)NC1CCC(CO)CC1. The molecule has 1 saturated carbocycles. The molecular formula is C19H23NO3S. The third kappa shape index (κ3) is 3.79. The van der Waals surface area contributed by atoms with Crippen LogP contribution in [0.1, 0.15) is 35.4 Å². The molecule has 1 heterocycles. The van der Waals surface area contributed by atoms with Crippen molar-refractivity contribution >= 4 is 17.2 Å². The molecule has 2 aromatic rings. The Balaban J connectivity index is 1.72. The second-order valence-corrected chi connectivity index (χ2v) is 7.30. The maximum Gasteiger partial charge on any atom is 0.265 e. The number of nitrogens with one attached hydrogen (secondary N) is 1. The van der Waals surface area contributed by atoms with Crippen LogP contribution in [0.5, 0.6) is 5.75 Å². The number of methoxy groups -OCH3 is 1. The predicted octanol–water partition coefficient (Wildman–Crippen LogP) is 3.70. The minimum absolute atomic E-state index is 0.0634. The summed E-state index contributed by atoms with van der Waals surface area (Å²) >= 11 is 1.46. The van der Waals surface area contributed by atoms with E-state index in [-0.39, 0.29) is 18.6 Å². The summed E-state index contributed by atoms with van der Waals surface area (Å²) < 4.78 is 5.41. The van der Waals surface area contributed by atoms with Crippen molar-refractivity contribution in [1.82, 2.24) is 5.32 Å². The number of amides is 1. The van der Waals surface area contributed by atoms with Crippen LogP contribution in [-0.2, 0) is 0 Å². The van der Waals surface area contributed by atoms with E-state index in [9.17, 15) is 9.90 Å². The maximum atomic E-state index is 12.7. The van der Waals surface area contributed by atoms with Gasteiger partial charge in [0.1, 0.15) is 10.6 Å². The van der Waals surface area contributed by atoms with E-state index in [1.54, 1.807) is 7.11 Å². The van der Waals surface area contributed by atoms with Crippen molar-refractivity contribution in [3.05, 3.63) is 41.3 Å². The van der Waals surface area contributed by atoms with E-state index in [2.05, 4.69) is 5.32 Å². The number of ether oxygens (including phenoxy) is 1. The molecule has 0 saturated heterocycles. The summed E-state index contributed by atoms with van der Waals surface area (Å²) in [7, 11) is 1.60. The molecule has 0 radical (unpaired) electrons. The van der Waals surface area contributed by atoms with E-state index < -0.39 is 0 Å². The van der Waals surface area contributed by atoms with Gasteiger partial charge in [-0.2, -0.15) is 0 Å². The summed E-state index contributed by atoms with van der Waals surface area (Å²) in [5.41, 5.74) is 1.09. The van der Waals surface area contributed by atoms with Gasteiger partial charge < -0.3 is 15.2 Å².